The number of aromatic nitrogens is 1. The Kier molecular flexibility index (Phi) is 3.40. The van der Waals surface area contributed by atoms with Crippen LogP contribution < -0.4 is 5.32 Å². The number of carboxylic acids is 1. The molecule has 2 N–H and O–H groups in total. The number of aryl methyl sites for hydroxylation is 1. The molecule has 1 fully saturated rings. The standard InChI is InChI=1S/C10H14N2O3S/c1-6-11-8(10(13)14)9(16-6)12-7-2-4-15-5-3-7/h7,12H,2-5H2,1H3,(H,13,14). The minimum atomic E-state index is -0.973. The van der Waals surface area contributed by atoms with Crippen molar-refractivity contribution in [3.05, 3.63) is 10.7 Å². The number of carboxylic acid groups (broad SMARTS) is 1. The average molecular weight is 242 g/mol. The summed E-state index contributed by atoms with van der Waals surface area (Å²) in [5, 5.41) is 13.7. The Labute approximate surface area is 97.5 Å². The number of thiazole rings is 1. The van der Waals surface area contributed by atoms with Gasteiger partial charge in [-0.05, 0) is 19.8 Å². The van der Waals surface area contributed by atoms with Crippen molar-refractivity contribution in [3.63, 3.8) is 0 Å². The molecule has 1 aromatic rings. The maximum absolute atomic E-state index is 11.0. The molecule has 1 aliphatic heterocycles. The number of aromatic carboxylic acids is 1. The van der Waals surface area contributed by atoms with E-state index in [1.807, 2.05) is 6.92 Å². The summed E-state index contributed by atoms with van der Waals surface area (Å²) < 4.78 is 5.25. The second-order valence-electron chi connectivity index (χ2n) is 3.75. The predicted octanol–water partition coefficient (Wildman–Crippen LogP) is 1.74. The van der Waals surface area contributed by atoms with Crippen LogP contribution in [-0.4, -0.2) is 35.3 Å². The molecule has 0 aromatic carbocycles. The highest BCUT2D eigenvalue weighted by atomic mass is 32.1. The lowest BCUT2D eigenvalue weighted by Gasteiger charge is -2.23. The molecular formula is C10H14N2O3S. The molecular weight excluding hydrogens is 228 g/mol. The summed E-state index contributed by atoms with van der Waals surface area (Å²) >= 11 is 1.39. The van der Waals surface area contributed by atoms with Crippen LogP contribution in [0.1, 0.15) is 28.3 Å². The maximum atomic E-state index is 11.0. The van der Waals surface area contributed by atoms with Crippen molar-refractivity contribution < 1.29 is 14.6 Å². The first-order valence-electron chi connectivity index (χ1n) is 5.22. The zero-order chi connectivity index (χ0) is 11.5. The minimum absolute atomic E-state index is 0.133. The van der Waals surface area contributed by atoms with E-state index in [-0.39, 0.29) is 5.69 Å². The summed E-state index contributed by atoms with van der Waals surface area (Å²) in [5.41, 5.74) is 0.133. The lowest BCUT2D eigenvalue weighted by Crippen LogP contribution is -2.28. The molecule has 1 saturated heterocycles. The third kappa shape index (κ3) is 2.51. The van der Waals surface area contributed by atoms with Gasteiger partial charge in [-0.3, -0.25) is 0 Å². The number of anilines is 1. The van der Waals surface area contributed by atoms with E-state index in [2.05, 4.69) is 10.3 Å². The van der Waals surface area contributed by atoms with Crippen molar-refractivity contribution in [3.8, 4) is 0 Å². The zero-order valence-corrected chi connectivity index (χ0v) is 9.84. The molecule has 0 bridgehead atoms. The van der Waals surface area contributed by atoms with Crippen molar-refractivity contribution in [1.82, 2.24) is 4.98 Å². The molecule has 0 radical (unpaired) electrons. The van der Waals surface area contributed by atoms with Crippen LogP contribution in [0.2, 0.25) is 0 Å². The summed E-state index contributed by atoms with van der Waals surface area (Å²) in [6.07, 6.45) is 1.83. The molecule has 1 aromatic heterocycles. The van der Waals surface area contributed by atoms with Crippen LogP contribution in [0.5, 0.6) is 0 Å². The SMILES string of the molecule is Cc1nc(C(=O)O)c(NC2CCOCC2)s1. The molecule has 16 heavy (non-hydrogen) atoms. The smallest absolute Gasteiger partial charge is 0.357 e. The van der Waals surface area contributed by atoms with Gasteiger partial charge in [-0.1, -0.05) is 0 Å². The highest BCUT2D eigenvalue weighted by Crippen LogP contribution is 2.26. The molecule has 88 valence electrons. The van der Waals surface area contributed by atoms with Gasteiger partial charge in [0.2, 0.25) is 0 Å². The topological polar surface area (TPSA) is 71.5 Å². The van der Waals surface area contributed by atoms with Crippen LogP contribution in [-0.2, 0) is 4.74 Å². The quantitative estimate of drug-likeness (QED) is 0.844. The van der Waals surface area contributed by atoms with Crippen molar-refractivity contribution in [2.45, 2.75) is 25.8 Å². The largest absolute Gasteiger partial charge is 0.476 e. The van der Waals surface area contributed by atoms with E-state index < -0.39 is 5.97 Å². The Morgan fingerprint density at radius 1 is 1.56 bits per heavy atom. The molecule has 2 heterocycles. The molecule has 0 unspecified atom stereocenters. The number of rotatable bonds is 3. The molecule has 0 atom stereocenters. The third-order valence-electron chi connectivity index (χ3n) is 2.49. The first-order valence-corrected chi connectivity index (χ1v) is 6.03. The number of carbonyl (C=O) groups is 1. The number of hydrogen-bond donors (Lipinski definition) is 2. The van der Waals surface area contributed by atoms with E-state index in [0.717, 1.165) is 31.1 Å². The zero-order valence-electron chi connectivity index (χ0n) is 9.02. The first-order chi connectivity index (χ1) is 7.66. The highest BCUT2D eigenvalue weighted by molar-refractivity contribution is 7.16. The molecule has 0 saturated carbocycles. The van der Waals surface area contributed by atoms with Gasteiger partial charge in [-0.25, -0.2) is 9.78 Å². The monoisotopic (exact) mass is 242 g/mol. The molecule has 0 amide bonds. The molecule has 0 spiro atoms. The van der Waals surface area contributed by atoms with Crippen LogP contribution in [0.4, 0.5) is 5.00 Å². The first kappa shape index (κ1) is 11.3. The van der Waals surface area contributed by atoms with E-state index in [0.29, 0.717) is 11.0 Å². The van der Waals surface area contributed by atoms with E-state index in [1.54, 1.807) is 0 Å². The second kappa shape index (κ2) is 4.80. The molecule has 5 nitrogen and oxygen atoms in total. The van der Waals surface area contributed by atoms with E-state index in [9.17, 15) is 4.79 Å². The average Bonchev–Trinajstić information content (AvgIpc) is 2.61. The number of nitrogens with one attached hydrogen (secondary N) is 1. The predicted molar refractivity (Wildman–Crippen MR) is 61.3 cm³/mol. The number of hydrogen-bond acceptors (Lipinski definition) is 5. The fourth-order valence-electron chi connectivity index (χ4n) is 1.70. The van der Waals surface area contributed by atoms with E-state index in [4.69, 9.17) is 9.84 Å². The Morgan fingerprint density at radius 2 is 2.25 bits per heavy atom. The summed E-state index contributed by atoms with van der Waals surface area (Å²) in [7, 11) is 0. The van der Waals surface area contributed by atoms with E-state index >= 15 is 0 Å². The number of ether oxygens (including phenoxy) is 1. The van der Waals surface area contributed by atoms with Crippen LogP contribution >= 0.6 is 11.3 Å². The van der Waals surface area contributed by atoms with Crippen molar-refractivity contribution in [2.24, 2.45) is 0 Å². The number of nitrogens with zero attached hydrogens (tertiary/aromatic N) is 1. The molecule has 0 aliphatic carbocycles. The fourth-order valence-corrected chi connectivity index (χ4v) is 2.58. The van der Waals surface area contributed by atoms with Gasteiger partial charge < -0.3 is 15.2 Å². The fraction of sp³-hybridized carbons (Fsp3) is 0.600. The Balaban J connectivity index is 2.10. The van der Waals surface area contributed by atoms with Gasteiger partial charge in [0.15, 0.2) is 5.69 Å². The highest BCUT2D eigenvalue weighted by Gasteiger charge is 2.20. The van der Waals surface area contributed by atoms with Gasteiger partial charge in [0.25, 0.3) is 0 Å². The van der Waals surface area contributed by atoms with Gasteiger partial charge in [-0.2, -0.15) is 0 Å². The summed E-state index contributed by atoms with van der Waals surface area (Å²) in [5.74, 6) is -0.973. The van der Waals surface area contributed by atoms with Gasteiger partial charge in [-0.15, -0.1) is 11.3 Å². The van der Waals surface area contributed by atoms with Crippen LogP contribution in [0, 0.1) is 6.92 Å². The summed E-state index contributed by atoms with van der Waals surface area (Å²) in [6.45, 7) is 3.28. The summed E-state index contributed by atoms with van der Waals surface area (Å²) in [6, 6.07) is 0.298. The Bertz CT molecular complexity index is 385. The van der Waals surface area contributed by atoms with Crippen molar-refractivity contribution in [1.29, 1.82) is 0 Å². The van der Waals surface area contributed by atoms with Gasteiger partial charge in [0.1, 0.15) is 5.00 Å². The van der Waals surface area contributed by atoms with Crippen LogP contribution in [0.3, 0.4) is 0 Å². The van der Waals surface area contributed by atoms with Gasteiger partial charge in [0.05, 0.1) is 5.01 Å². The third-order valence-corrected chi connectivity index (χ3v) is 3.40. The Morgan fingerprint density at radius 3 is 2.88 bits per heavy atom. The minimum Gasteiger partial charge on any atom is -0.476 e. The lowest BCUT2D eigenvalue weighted by atomic mass is 10.1. The summed E-state index contributed by atoms with van der Waals surface area (Å²) in [4.78, 5) is 15.0. The van der Waals surface area contributed by atoms with Crippen molar-refractivity contribution >= 4 is 22.3 Å². The molecule has 2 rings (SSSR count). The Hall–Kier alpha value is -1.14. The van der Waals surface area contributed by atoms with Crippen LogP contribution in [0.15, 0.2) is 0 Å². The van der Waals surface area contributed by atoms with Crippen molar-refractivity contribution in [2.75, 3.05) is 18.5 Å². The van der Waals surface area contributed by atoms with E-state index in [1.165, 1.54) is 11.3 Å². The van der Waals surface area contributed by atoms with Gasteiger partial charge in [0, 0.05) is 19.3 Å². The molecule has 6 heteroatoms. The van der Waals surface area contributed by atoms with Gasteiger partial charge >= 0.3 is 5.97 Å². The maximum Gasteiger partial charge on any atom is 0.357 e. The molecule has 1 aliphatic rings. The van der Waals surface area contributed by atoms with Crippen LogP contribution in [0.25, 0.3) is 0 Å². The normalized spacial score (nSPS) is 17.3. The lowest BCUT2D eigenvalue weighted by molar-refractivity contribution is 0.0692. The second-order valence-corrected chi connectivity index (χ2v) is 4.95.